The van der Waals surface area contributed by atoms with Gasteiger partial charge in [0.2, 0.25) is 0 Å². The highest BCUT2D eigenvalue weighted by Crippen LogP contribution is 2.20. The Labute approximate surface area is 111 Å². The number of aryl methyl sites for hydroxylation is 1. The first-order valence-electron chi connectivity index (χ1n) is 5.81. The van der Waals surface area contributed by atoms with Gasteiger partial charge >= 0.3 is 5.55 Å². The minimum absolute atomic E-state index is 0. The highest BCUT2D eigenvalue weighted by atomic mass is 35.5. The molecular weight excluding hydrogens is 234 g/mol. The van der Waals surface area contributed by atoms with Crippen molar-refractivity contribution < 1.29 is 21.8 Å². The van der Waals surface area contributed by atoms with E-state index in [1.165, 1.54) is 5.56 Å². The van der Waals surface area contributed by atoms with Gasteiger partial charge in [-0.3, -0.25) is 0 Å². The van der Waals surface area contributed by atoms with Gasteiger partial charge in [0.05, 0.1) is 6.07 Å². The normalized spacial score (nSPS) is 13.5. The molecule has 0 aromatic carbocycles. The van der Waals surface area contributed by atoms with Crippen molar-refractivity contribution in [1.29, 1.82) is 0 Å². The zero-order valence-electron chi connectivity index (χ0n) is 11.9. The molecule has 1 rings (SSSR count). The summed E-state index contributed by atoms with van der Waals surface area (Å²) in [4.78, 5) is 3.37. The van der Waals surface area contributed by atoms with E-state index in [9.17, 15) is 0 Å². The standard InChI is InChI=1S/C14H23NO.ClH/c1-10-8-11(13(2,3)4)16-12(9-10)15-14(5,6)7;/h8-9H,1-7H3;1H. The average Bonchev–Trinajstić information content (AvgIpc) is 1.97. The molecule has 2 nitrogen and oxygen atoms in total. The van der Waals surface area contributed by atoms with E-state index < -0.39 is 0 Å². The van der Waals surface area contributed by atoms with Gasteiger partial charge in [-0.2, -0.15) is 0 Å². The van der Waals surface area contributed by atoms with Crippen LogP contribution in [0.3, 0.4) is 0 Å². The highest BCUT2D eigenvalue weighted by Gasteiger charge is 2.19. The Morgan fingerprint density at radius 3 is 1.94 bits per heavy atom. The van der Waals surface area contributed by atoms with Crippen molar-refractivity contribution in [3.8, 4) is 0 Å². The molecule has 0 atom stereocenters. The third kappa shape index (κ3) is 5.40. The van der Waals surface area contributed by atoms with E-state index in [0.29, 0.717) is 0 Å². The van der Waals surface area contributed by atoms with E-state index >= 15 is 0 Å². The van der Waals surface area contributed by atoms with E-state index in [4.69, 9.17) is 4.42 Å². The van der Waals surface area contributed by atoms with Crippen LogP contribution in [0.4, 0.5) is 0 Å². The number of nitrogens with one attached hydrogen (secondary N) is 1. The summed E-state index contributed by atoms with van der Waals surface area (Å²) in [5.74, 6) is 1.01. The first-order chi connectivity index (χ1) is 7.08. The zero-order valence-corrected chi connectivity index (χ0v) is 12.7. The molecule has 0 aliphatic heterocycles. The predicted octanol–water partition coefficient (Wildman–Crippen LogP) is -1.33. The molecule has 1 aromatic rings. The van der Waals surface area contributed by atoms with Crippen molar-refractivity contribution in [2.45, 2.75) is 59.4 Å². The van der Waals surface area contributed by atoms with Gasteiger partial charge in [0, 0.05) is 5.41 Å². The Morgan fingerprint density at radius 1 is 1.00 bits per heavy atom. The molecule has 1 heterocycles. The van der Waals surface area contributed by atoms with Crippen molar-refractivity contribution in [1.82, 2.24) is 0 Å². The monoisotopic (exact) mass is 257 g/mol. The average molecular weight is 258 g/mol. The Balaban J connectivity index is 0.00000256. The summed E-state index contributed by atoms with van der Waals surface area (Å²) >= 11 is 0. The van der Waals surface area contributed by atoms with Crippen LogP contribution in [0.2, 0.25) is 0 Å². The third-order valence-corrected chi connectivity index (χ3v) is 2.17. The second-order valence-electron chi connectivity index (χ2n) is 6.49. The SMILES string of the molecule is Cc1cc(C(C)(C)C)oc(=[NH+]C(C)(C)C)c1.[Cl-]. The molecule has 3 heteroatoms. The van der Waals surface area contributed by atoms with E-state index in [0.717, 1.165) is 11.3 Å². The Bertz CT molecular complexity index is 433. The van der Waals surface area contributed by atoms with Gasteiger partial charge in [-0.05, 0) is 39.3 Å². The van der Waals surface area contributed by atoms with Crippen LogP contribution in [0.15, 0.2) is 16.5 Å². The van der Waals surface area contributed by atoms with Crippen LogP contribution in [0, 0.1) is 6.92 Å². The Morgan fingerprint density at radius 2 is 1.53 bits per heavy atom. The van der Waals surface area contributed by atoms with Gasteiger partial charge in [0.1, 0.15) is 5.76 Å². The van der Waals surface area contributed by atoms with E-state index in [1.807, 2.05) is 6.07 Å². The fourth-order valence-corrected chi connectivity index (χ4v) is 1.43. The quantitative estimate of drug-likeness (QED) is 0.613. The lowest BCUT2D eigenvalue weighted by Gasteiger charge is -2.16. The van der Waals surface area contributed by atoms with Gasteiger partial charge in [0.25, 0.3) is 0 Å². The largest absolute Gasteiger partial charge is 1.00 e. The van der Waals surface area contributed by atoms with Gasteiger partial charge in [-0.15, -0.1) is 0 Å². The summed E-state index contributed by atoms with van der Waals surface area (Å²) in [5.41, 5.74) is 2.13. The highest BCUT2D eigenvalue weighted by molar-refractivity contribution is 5.16. The maximum absolute atomic E-state index is 5.89. The summed E-state index contributed by atoms with van der Waals surface area (Å²) in [5, 5.41) is 0. The number of rotatable bonds is 0. The second kappa shape index (κ2) is 5.26. The third-order valence-electron chi connectivity index (χ3n) is 2.17. The molecule has 0 aliphatic carbocycles. The van der Waals surface area contributed by atoms with Crippen molar-refractivity contribution in [3.63, 3.8) is 0 Å². The minimum Gasteiger partial charge on any atom is -1.00 e. The summed E-state index contributed by atoms with van der Waals surface area (Å²) in [6.45, 7) is 15.0. The van der Waals surface area contributed by atoms with Crippen LogP contribution in [-0.2, 0) is 5.41 Å². The summed E-state index contributed by atoms with van der Waals surface area (Å²) in [6, 6.07) is 4.15. The Kier molecular flexibility index (Phi) is 5.02. The number of hydrogen-bond donors (Lipinski definition) is 1. The molecule has 17 heavy (non-hydrogen) atoms. The van der Waals surface area contributed by atoms with Crippen molar-refractivity contribution in [2.24, 2.45) is 0 Å². The molecule has 0 spiro atoms. The molecule has 1 N–H and O–H groups in total. The van der Waals surface area contributed by atoms with Crippen molar-refractivity contribution in [3.05, 3.63) is 29.0 Å². The second-order valence-corrected chi connectivity index (χ2v) is 6.49. The van der Waals surface area contributed by atoms with Crippen LogP contribution < -0.4 is 23.0 Å². The van der Waals surface area contributed by atoms with Crippen molar-refractivity contribution in [2.75, 3.05) is 0 Å². The van der Waals surface area contributed by atoms with Gasteiger partial charge < -0.3 is 16.8 Å². The lowest BCUT2D eigenvalue weighted by atomic mass is 9.92. The van der Waals surface area contributed by atoms with Gasteiger partial charge in [-0.1, -0.05) is 20.8 Å². The van der Waals surface area contributed by atoms with E-state index in [2.05, 4.69) is 59.5 Å². The van der Waals surface area contributed by atoms with Crippen molar-refractivity contribution >= 4 is 0 Å². The van der Waals surface area contributed by atoms with Crippen LogP contribution in [0.5, 0.6) is 0 Å². The minimum atomic E-state index is 0. The van der Waals surface area contributed by atoms with Crippen LogP contribution >= 0.6 is 0 Å². The maximum atomic E-state index is 5.89. The fraction of sp³-hybridized carbons (Fsp3) is 0.643. The molecular formula is C14H24ClNO. The van der Waals surface area contributed by atoms with Gasteiger partial charge in [0.15, 0.2) is 5.54 Å². The summed E-state index contributed by atoms with van der Waals surface area (Å²) < 4.78 is 5.89. The number of hydrogen-bond acceptors (Lipinski definition) is 1. The summed E-state index contributed by atoms with van der Waals surface area (Å²) in [6.07, 6.45) is 0. The fourth-order valence-electron chi connectivity index (χ4n) is 1.43. The van der Waals surface area contributed by atoms with Crippen LogP contribution in [-0.4, -0.2) is 5.54 Å². The van der Waals surface area contributed by atoms with E-state index in [-0.39, 0.29) is 23.4 Å². The first-order valence-corrected chi connectivity index (χ1v) is 5.81. The van der Waals surface area contributed by atoms with E-state index in [1.54, 1.807) is 0 Å². The topological polar surface area (TPSA) is 27.1 Å². The lowest BCUT2D eigenvalue weighted by molar-refractivity contribution is -0.587. The molecule has 0 unspecified atom stereocenters. The molecule has 0 aliphatic rings. The molecule has 0 fully saturated rings. The number of halogens is 1. The molecule has 0 saturated heterocycles. The van der Waals surface area contributed by atoms with Crippen LogP contribution in [0.1, 0.15) is 52.9 Å². The van der Waals surface area contributed by atoms with Gasteiger partial charge in [-0.25, -0.2) is 4.99 Å². The zero-order chi connectivity index (χ0) is 12.6. The molecule has 0 radical (unpaired) electrons. The molecule has 0 amide bonds. The molecule has 98 valence electrons. The maximum Gasteiger partial charge on any atom is 0.366 e. The summed E-state index contributed by atoms with van der Waals surface area (Å²) in [7, 11) is 0. The smallest absolute Gasteiger partial charge is 0.366 e. The predicted molar refractivity (Wildman–Crippen MR) is 66.0 cm³/mol. The first kappa shape index (κ1) is 16.2. The lowest BCUT2D eigenvalue weighted by Crippen LogP contribution is -3.00. The Hall–Kier alpha value is -0.760. The van der Waals surface area contributed by atoms with Crippen LogP contribution in [0.25, 0.3) is 0 Å². The molecule has 0 saturated carbocycles. The molecule has 1 aromatic heterocycles. The molecule has 0 bridgehead atoms.